The molecule has 1 amide bonds. The molecule has 0 spiro atoms. The van der Waals surface area contributed by atoms with Gasteiger partial charge in [-0.05, 0) is 78.6 Å². The summed E-state index contributed by atoms with van der Waals surface area (Å²) in [5.74, 6) is 3.05. The summed E-state index contributed by atoms with van der Waals surface area (Å²) >= 11 is 0. The Bertz CT molecular complexity index is 1010. The summed E-state index contributed by atoms with van der Waals surface area (Å²) in [4.78, 5) is 35.7. The zero-order valence-electron chi connectivity index (χ0n) is 25.0. The van der Waals surface area contributed by atoms with E-state index < -0.39 is 5.60 Å². The average Bonchev–Trinajstić information content (AvgIpc) is 3.29. The number of guanidine groups is 1. The van der Waals surface area contributed by atoms with E-state index in [1.165, 1.54) is 0 Å². The van der Waals surface area contributed by atoms with Crippen molar-refractivity contribution in [3.8, 4) is 0 Å². The Morgan fingerprint density at radius 1 is 1.12 bits per heavy atom. The lowest BCUT2D eigenvalue weighted by Gasteiger charge is -2.37. The van der Waals surface area contributed by atoms with Gasteiger partial charge in [-0.1, -0.05) is 0 Å². The molecular formula is C29H49N9O2. The quantitative estimate of drug-likeness (QED) is 0.480. The van der Waals surface area contributed by atoms with Crippen molar-refractivity contribution in [1.82, 2.24) is 25.8 Å². The maximum absolute atomic E-state index is 12.4. The van der Waals surface area contributed by atoms with E-state index >= 15 is 0 Å². The highest BCUT2D eigenvalue weighted by atomic mass is 16.6. The highest BCUT2D eigenvalue weighted by Gasteiger charge is 2.39. The lowest BCUT2D eigenvalue weighted by Crippen LogP contribution is -2.51. The van der Waals surface area contributed by atoms with Crippen molar-refractivity contribution in [1.29, 1.82) is 0 Å². The Kier molecular flexibility index (Phi) is 8.97. The highest BCUT2D eigenvalue weighted by Crippen LogP contribution is 2.34. The fraction of sp³-hybridized carbons (Fsp3) is 0.828. The first-order chi connectivity index (χ1) is 19.1. The zero-order chi connectivity index (χ0) is 28.3. The molecule has 40 heavy (non-hydrogen) atoms. The van der Waals surface area contributed by atoms with Gasteiger partial charge in [-0.25, -0.2) is 14.8 Å². The molecule has 4 aliphatic heterocycles. The summed E-state index contributed by atoms with van der Waals surface area (Å²) in [6, 6.07) is 1.38. The van der Waals surface area contributed by atoms with Gasteiger partial charge in [-0.3, -0.25) is 14.9 Å². The molecule has 11 heteroatoms. The van der Waals surface area contributed by atoms with Crippen LogP contribution in [0.25, 0.3) is 0 Å². The molecule has 2 fully saturated rings. The van der Waals surface area contributed by atoms with E-state index in [0.717, 1.165) is 83.0 Å². The summed E-state index contributed by atoms with van der Waals surface area (Å²) in [5.41, 5.74) is -0.455. The van der Waals surface area contributed by atoms with E-state index in [9.17, 15) is 4.79 Å². The van der Waals surface area contributed by atoms with Crippen molar-refractivity contribution in [2.45, 2.75) is 109 Å². The second-order valence-electron chi connectivity index (χ2n) is 13.4. The monoisotopic (exact) mass is 555 g/mol. The summed E-state index contributed by atoms with van der Waals surface area (Å²) in [6.45, 7) is 14.3. The molecular weight excluding hydrogens is 506 g/mol. The van der Waals surface area contributed by atoms with Crippen LogP contribution in [0.1, 0.15) is 73.1 Å². The molecule has 222 valence electrons. The van der Waals surface area contributed by atoms with Crippen molar-refractivity contribution in [3.05, 3.63) is 0 Å². The predicted molar refractivity (Wildman–Crippen MR) is 160 cm³/mol. The molecule has 6 unspecified atom stereocenters. The fourth-order valence-electron chi connectivity index (χ4n) is 6.53. The number of amidine groups is 1. The molecule has 0 aromatic carbocycles. The smallest absolute Gasteiger partial charge is 0.410 e. The van der Waals surface area contributed by atoms with Crippen molar-refractivity contribution in [2.24, 2.45) is 31.8 Å². The van der Waals surface area contributed by atoms with Gasteiger partial charge in [-0.2, -0.15) is 0 Å². The number of aliphatic imine (C=N–C) groups is 4. The van der Waals surface area contributed by atoms with Gasteiger partial charge >= 0.3 is 6.09 Å². The molecule has 1 saturated carbocycles. The van der Waals surface area contributed by atoms with Crippen LogP contribution in [0, 0.1) is 11.8 Å². The third kappa shape index (κ3) is 7.73. The number of ether oxygens (including phenoxy) is 1. The van der Waals surface area contributed by atoms with Gasteiger partial charge in [0.2, 0.25) is 0 Å². The molecule has 4 heterocycles. The van der Waals surface area contributed by atoms with Crippen molar-refractivity contribution in [3.63, 3.8) is 0 Å². The first-order valence-electron chi connectivity index (χ1n) is 15.3. The van der Waals surface area contributed by atoms with Crippen LogP contribution < -0.4 is 16.0 Å². The standard InChI is InChI=1S/C29H49N9O2/c1-19(2)33-26-16-23(31-18-32-26)21-6-7-22-24(15-21)35-27(34-22)36-25-14-20(8-9-30-25)17-37-10-12-38(13-11-37)28(39)40-29(3,4)5/h9,18-25H,6-8,10-17H2,1-5H3,(H,31,32,33)(H2,34,35,36). The molecule has 5 rings (SSSR count). The van der Waals surface area contributed by atoms with Gasteiger partial charge in [0.15, 0.2) is 5.96 Å². The maximum Gasteiger partial charge on any atom is 0.410 e. The topological polar surface area (TPSA) is 118 Å². The number of amides is 1. The highest BCUT2D eigenvalue weighted by molar-refractivity contribution is 5.91. The van der Waals surface area contributed by atoms with E-state index in [4.69, 9.17) is 19.7 Å². The van der Waals surface area contributed by atoms with Crippen LogP contribution in [-0.2, 0) is 4.74 Å². The van der Waals surface area contributed by atoms with Crippen LogP contribution in [-0.4, -0.2) is 109 Å². The minimum Gasteiger partial charge on any atom is -0.444 e. The first kappa shape index (κ1) is 28.8. The van der Waals surface area contributed by atoms with E-state index in [-0.39, 0.29) is 12.3 Å². The fourth-order valence-corrected chi connectivity index (χ4v) is 6.53. The Balaban J connectivity index is 1.04. The molecule has 5 aliphatic rings. The molecule has 1 aliphatic carbocycles. The largest absolute Gasteiger partial charge is 0.444 e. The summed E-state index contributed by atoms with van der Waals surface area (Å²) in [7, 11) is 0. The molecule has 0 bridgehead atoms. The Morgan fingerprint density at radius 2 is 1.93 bits per heavy atom. The minimum absolute atomic E-state index is 0.0489. The van der Waals surface area contributed by atoms with Crippen LogP contribution in [0.4, 0.5) is 4.79 Å². The second kappa shape index (κ2) is 12.4. The van der Waals surface area contributed by atoms with Gasteiger partial charge < -0.3 is 25.6 Å². The molecule has 0 radical (unpaired) electrons. The van der Waals surface area contributed by atoms with Gasteiger partial charge in [0.05, 0.1) is 18.1 Å². The van der Waals surface area contributed by atoms with E-state index in [1.54, 1.807) is 6.34 Å². The van der Waals surface area contributed by atoms with Crippen LogP contribution in [0.5, 0.6) is 0 Å². The second-order valence-corrected chi connectivity index (χ2v) is 13.4. The number of fused-ring (bicyclic) bond motifs is 1. The molecule has 3 N–H and O–H groups in total. The summed E-state index contributed by atoms with van der Waals surface area (Å²) in [5, 5.41) is 10.8. The number of nitrogens with zero attached hydrogens (tertiary/aromatic N) is 6. The van der Waals surface area contributed by atoms with Crippen LogP contribution in [0.15, 0.2) is 20.0 Å². The van der Waals surface area contributed by atoms with Crippen LogP contribution in [0.2, 0.25) is 0 Å². The number of hydrogen-bond acceptors (Lipinski definition) is 10. The molecule has 11 nitrogen and oxygen atoms in total. The van der Waals surface area contributed by atoms with Crippen LogP contribution in [0.3, 0.4) is 0 Å². The van der Waals surface area contributed by atoms with Gasteiger partial charge in [-0.15, -0.1) is 0 Å². The van der Waals surface area contributed by atoms with Gasteiger partial charge in [0.25, 0.3) is 0 Å². The van der Waals surface area contributed by atoms with Crippen molar-refractivity contribution in [2.75, 3.05) is 32.7 Å². The van der Waals surface area contributed by atoms with Gasteiger partial charge in [0.1, 0.15) is 23.9 Å². The molecule has 1 saturated heterocycles. The number of carbonyl (C=O) groups excluding carboxylic acids is 1. The zero-order valence-corrected chi connectivity index (χ0v) is 25.0. The van der Waals surface area contributed by atoms with Crippen LogP contribution >= 0.6 is 0 Å². The molecule has 0 aromatic rings. The number of hydrogen-bond donors (Lipinski definition) is 3. The number of nitrogens with one attached hydrogen (secondary N) is 3. The first-order valence-corrected chi connectivity index (χ1v) is 15.3. The van der Waals surface area contributed by atoms with Crippen molar-refractivity contribution >= 4 is 30.4 Å². The lowest BCUT2D eigenvalue weighted by atomic mass is 9.78. The number of carbonyl (C=O) groups is 1. The maximum atomic E-state index is 12.4. The third-order valence-electron chi connectivity index (χ3n) is 8.47. The van der Waals surface area contributed by atoms with Gasteiger partial charge in [0, 0.05) is 51.4 Å². The van der Waals surface area contributed by atoms with E-state index in [2.05, 4.69) is 45.9 Å². The Hall–Kier alpha value is -2.69. The average molecular weight is 556 g/mol. The van der Waals surface area contributed by atoms with Crippen molar-refractivity contribution < 1.29 is 9.53 Å². The summed E-state index contributed by atoms with van der Waals surface area (Å²) in [6.07, 6.45) is 9.89. The Morgan fingerprint density at radius 3 is 2.67 bits per heavy atom. The van der Waals surface area contributed by atoms with E-state index in [0.29, 0.717) is 36.0 Å². The summed E-state index contributed by atoms with van der Waals surface area (Å²) < 4.78 is 5.54. The normalized spacial score (nSPS) is 32.7. The predicted octanol–water partition coefficient (Wildman–Crippen LogP) is 2.63. The number of piperazine rings is 1. The molecule has 6 atom stereocenters. The lowest BCUT2D eigenvalue weighted by molar-refractivity contribution is 0.0132. The Labute approximate surface area is 239 Å². The SMILES string of the molecule is CC(C)NC1=NC=NC(C2CCC3N=C(NC4CC(CN5CCN(C(=O)OC(C)(C)C)CC5)CC=N4)NC3C2)C1. The van der Waals surface area contributed by atoms with E-state index in [1.807, 2.05) is 25.7 Å². The third-order valence-corrected chi connectivity index (χ3v) is 8.47. The number of rotatable bonds is 5. The minimum atomic E-state index is -0.455. The molecule has 0 aromatic heterocycles.